The van der Waals surface area contributed by atoms with E-state index in [0.29, 0.717) is 13.0 Å². The Hall–Kier alpha value is -0.610. The van der Waals surface area contributed by atoms with Crippen LogP contribution in [0.5, 0.6) is 0 Å². The molecule has 0 radical (unpaired) electrons. The molecule has 1 amide bonds. The zero-order valence-electron chi connectivity index (χ0n) is 9.59. The van der Waals surface area contributed by atoms with E-state index >= 15 is 0 Å². The van der Waals surface area contributed by atoms with Crippen molar-refractivity contribution in [1.29, 1.82) is 0 Å². The maximum Gasteiger partial charge on any atom is 0.221 e. The molecule has 0 heterocycles. The molecular formula is C10H22N2O2. The van der Waals surface area contributed by atoms with E-state index in [1.165, 1.54) is 0 Å². The summed E-state index contributed by atoms with van der Waals surface area (Å²) in [6, 6.07) is 0.223. The maximum atomic E-state index is 11.2. The molecule has 4 nitrogen and oxygen atoms in total. The lowest BCUT2D eigenvalue weighted by molar-refractivity contribution is -0.121. The molecule has 0 fully saturated rings. The van der Waals surface area contributed by atoms with Crippen LogP contribution in [0.25, 0.3) is 0 Å². The summed E-state index contributed by atoms with van der Waals surface area (Å²) in [7, 11) is 1.68. The standard InChI is InChI=1S/C10H22N2O2/c1-8(2)12-10(13)5-6-11-7-9(3)14-4/h8-9,11H,5-7H2,1-4H3,(H,12,13). The minimum absolute atomic E-state index is 0.0950. The molecule has 1 unspecified atom stereocenters. The van der Waals surface area contributed by atoms with Gasteiger partial charge in [0.15, 0.2) is 0 Å². The summed E-state index contributed by atoms with van der Waals surface area (Å²) in [6.45, 7) is 7.38. The van der Waals surface area contributed by atoms with Gasteiger partial charge >= 0.3 is 0 Å². The highest BCUT2D eigenvalue weighted by Crippen LogP contribution is 1.85. The number of hydrogen-bond donors (Lipinski definition) is 2. The van der Waals surface area contributed by atoms with Crippen LogP contribution in [0.4, 0.5) is 0 Å². The molecule has 0 rings (SSSR count). The highest BCUT2D eigenvalue weighted by atomic mass is 16.5. The van der Waals surface area contributed by atoms with Crippen molar-refractivity contribution in [3.05, 3.63) is 0 Å². The number of amides is 1. The van der Waals surface area contributed by atoms with Gasteiger partial charge in [0.2, 0.25) is 5.91 Å². The van der Waals surface area contributed by atoms with E-state index in [-0.39, 0.29) is 18.1 Å². The van der Waals surface area contributed by atoms with Crippen molar-refractivity contribution in [3.63, 3.8) is 0 Å². The normalized spacial score (nSPS) is 12.9. The van der Waals surface area contributed by atoms with Gasteiger partial charge in [-0.25, -0.2) is 0 Å². The van der Waals surface area contributed by atoms with Crippen LogP contribution in [-0.2, 0) is 9.53 Å². The largest absolute Gasteiger partial charge is 0.380 e. The lowest BCUT2D eigenvalue weighted by Crippen LogP contribution is -2.34. The first-order valence-electron chi connectivity index (χ1n) is 5.09. The van der Waals surface area contributed by atoms with Crippen molar-refractivity contribution < 1.29 is 9.53 Å². The van der Waals surface area contributed by atoms with E-state index in [9.17, 15) is 4.79 Å². The second kappa shape index (κ2) is 7.76. The highest BCUT2D eigenvalue weighted by molar-refractivity contribution is 5.76. The summed E-state index contributed by atoms with van der Waals surface area (Å²) >= 11 is 0. The zero-order valence-corrected chi connectivity index (χ0v) is 9.59. The van der Waals surface area contributed by atoms with Crippen LogP contribution in [0.15, 0.2) is 0 Å². The molecule has 0 aliphatic heterocycles. The number of carbonyl (C=O) groups excluding carboxylic acids is 1. The molecule has 0 bridgehead atoms. The van der Waals surface area contributed by atoms with Gasteiger partial charge < -0.3 is 15.4 Å². The molecule has 0 aromatic heterocycles. The van der Waals surface area contributed by atoms with Gasteiger partial charge in [-0.15, -0.1) is 0 Å². The summed E-state index contributed by atoms with van der Waals surface area (Å²) in [5.74, 6) is 0.0950. The van der Waals surface area contributed by atoms with Gasteiger partial charge in [-0.05, 0) is 20.8 Å². The Morgan fingerprint density at radius 2 is 2.00 bits per heavy atom. The summed E-state index contributed by atoms with van der Waals surface area (Å²) in [5, 5.41) is 5.99. The van der Waals surface area contributed by atoms with Crippen molar-refractivity contribution in [2.75, 3.05) is 20.2 Å². The molecule has 0 spiro atoms. The van der Waals surface area contributed by atoms with E-state index in [1.54, 1.807) is 7.11 Å². The molecule has 4 heteroatoms. The third-order valence-corrected chi connectivity index (χ3v) is 1.81. The van der Waals surface area contributed by atoms with Crippen molar-refractivity contribution in [3.8, 4) is 0 Å². The number of nitrogens with one attached hydrogen (secondary N) is 2. The van der Waals surface area contributed by atoms with Gasteiger partial charge in [-0.3, -0.25) is 4.79 Å². The first-order chi connectivity index (χ1) is 6.56. The lowest BCUT2D eigenvalue weighted by Gasteiger charge is -2.11. The van der Waals surface area contributed by atoms with Gasteiger partial charge in [0.05, 0.1) is 6.10 Å². The molecule has 0 aromatic carbocycles. The van der Waals surface area contributed by atoms with Crippen LogP contribution in [0.2, 0.25) is 0 Å². The smallest absolute Gasteiger partial charge is 0.221 e. The van der Waals surface area contributed by atoms with Crippen molar-refractivity contribution in [2.24, 2.45) is 0 Å². The molecule has 0 aromatic rings. The Bertz CT molecular complexity index is 160. The average Bonchev–Trinajstić information content (AvgIpc) is 2.10. The predicted molar refractivity (Wildman–Crippen MR) is 57.2 cm³/mol. The fourth-order valence-electron chi connectivity index (χ4n) is 0.985. The van der Waals surface area contributed by atoms with Crippen molar-refractivity contribution in [2.45, 2.75) is 39.3 Å². The Morgan fingerprint density at radius 3 is 2.50 bits per heavy atom. The van der Waals surface area contributed by atoms with Gasteiger partial charge in [0.25, 0.3) is 0 Å². The Morgan fingerprint density at radius 1 is 1.36 bits per heavy atom. The third-order valence-electron chi connectivity index (χ3n) is 1.81. The zero-order chi connectivity index (χ0) is 11.0. The lowest BCUT2D eigenvalue weighted by atomic mass is 10.3. The van der Waals surface area contributed by atoms with Crippen LogP contribution in [-0.4, -0.2) is 38.3 Å². The summed E-state index contributed by atoms with van der Waals surface area (Å²) in [5.41, 5.74) is 0. The monoisotopic (exact) mass is 202 g/mol. The predicted octanol–water partition coefficient (Wildman–Crippen LogP) is 0.526. The van der Waals surface area contributed by atoms with E-state index in [2.05, 4.69) is 10.6 Å². The summed E-state index contributed by atoms with van der Waals surface area (Å²) in [6.07, 6.45) is 0.720. The fourth-order valence-corrected chi connectivity index (χ4v) is 0.985. The third kappa shape index (κ3) is 8.01. The fraction of sp³-hybridized carbons (Fsp3) is 0.900. The van der Waals surface area contributed by atoms with Gasteiger partial charge in [0.1, 0.15) is 0 Å². The molecule has 0 aliphatic rings. The van der Waals surface area contributed by atoms with E-state index in [4.69, 9.17) is 4.74 Å². The number of ether oxygens (including phenoxy) is 1. The molecule has 84 valence electrons. The second-order valence-electron chi connectivity index (χ2n) is 3.72. The molecule has 14 heavy (non-hydrogen) atoms. The Balaban J connectivity index is 3.31. The highest BCUT2D eigenvalue weighted by Gasteiger charge is 2.03. The van der Waals surface area contributed by atoms with Crippen LogP contribution < -0.4 is 10.6 Å². The van der Waals surface area contributed by atoms with Gasteiger partial charge in [-0.2, -0.15) is 0 Å². The molecule has 2 N–H and O–H groups in total. The van der Waals surface area contributed by atoms with Crippen LogP contribution in [0.1, 0.15) is 27.2 Å². The van der Waals surface area contributed by atoms with Crippen molar-refractivity contribution >= 4 is 5.91 Å². The summed E-state index contributed by atoms with van der Waals surface area (Å²) in [4.78, 5) is 11.2. The van der Waals surface area contributed by atoms with Crippen LogP contribution in [0.3, 0.4) is 0 Å². The average molecular weight is 202 g/mol. The number of carbonyl (C=O) groups is 1. The minimum atomic E-state index is 0.0950. The van der Waals surface area contributed by atoms with E-state index < -0.39 is 0 Å². The SMILES string of the molecule is COC(C)CNCCC(=O)NC(C)C. The maximum absolute atomic E-state index is 11.2. The van der Waals surface area contributed by atoms with E-state index in [1.807, 2.05) is 20.8 Å². The van der Waals surface area contributed by atoms with Crippen molar-refractivity contribution in [1.82, 2.24) is 10.6 Å². The quantitative estimate of drug-likeness (QED) is 0.592. The first kappa shape index (κ1) is 13.4. The van der Waals surface area contributed by atoms with Gasteiger partial charge in [-0.1, -0.05) is 0 Å². The topological polar surface area (TPSA) is 50.4 Å². The molecular weight excluding hydrogens is 180 g/mol. The molecule has 0 saturated heterocycles. The van der Waals surface area contributed by atoms with E-state index in [0.717, 1.165) is 6.54 Å². The van der Waals surface area contributed by atoms with Gasteiger partial charge in [0, 0.05) is 32.7 Å². The van der Waals surface area contributed by atoms with Crippen LogP contribution >= 0.6 is 0 Å². The molecule has 1 atom stereocenters. The van der Waals surface area contributed by atoms with Crippen LogP contribution in [0, 0.1) is 0 Å². The molecule has 0 saturated carbocycles. The minimum Gasteiger partial charge on any atom is -0.380 e. The number of rotatable bonds is 7. The summed E-state index contributed by atoms with van der Waals surface area (Å²) < 4.78 is 5.06. The number of methoxy groups -OCH3 is 1. The Kier molecular flexibility index (Phi) is 7.42. The second-order valence-corrected chi connectivity index (χ2v) is 3.72. The first-order valence-corrected chi connectivity index (χ1v) is 5.09. The Labute approximate surface area is 86.4 Å². The number of hydrogen-bond acceptors (Lipinski definition) is 3. The molecule has 0 aliphatic carbocycles.